The lowest BCUT2D eigenvalue weighted by molar-refractivity contribution is -0.112. The maximum absolute atomic E-state index is 13.9. The number of thiophene rings is 1. The molecule has 0 radical (unpaired) electrons. The number of hydrogen-bond acceptors (Lipinski definition) is 4. The standard InChI is InChI=1S/C25H22FN3OS/c1-25(29-17-28,22(15-30)10-5-8-19-7-2-3-11-23(19)26)24-13-21(16-31-24)20-9-4-6-18(12-20)14-27/h2-9,11-13,15-17,22H,10H2,1H3,(H2,28,29)/b8-5+/t22?,25-/m0/s1. The van der Waals surface area contributed by atoms with E-state index >= 15 is 0 Å². The highest BCUT2D eigenvalue weighted by Crippen LogP contribution is 2.40. The van der Waals surface area contributed by atoms with Gasteiger partial charge < -0.3 is 10.5 Å². The summed E-state index contributed by atoms with van der Waals surface area (Å²) in [5.41, 5.74) is 7.67. The number of aldehydes is 1. The molecule has 0 amide bonds. The fourth-order valence-corrected chi connectivity index (χ4v) is 4.48. The lowest BCUT2D eigenvalue weighted by Crippen LogP contribution is -2.31. The molecule has 0 saturated carbocycles. The van der Waals surface area contributed by atoms with Crippen LogP contribution in [0.4, 0.5) is 4.39 Å². The second-order valence-corrected chi connectivity index (χ2v) is 8.13. The summed E-state index contributed by atoms with van der Waals surface area (Å²) in [6.07, 6.45) is 5.92. The van der Waals surface area contributed by atoms with E-state index in [0.717, 1.165) is 22.3 Å². The van der Waals surface area contributed by atoms with Crippen molar-refractivity contribution >= 4 is 30.0 Å². The van der Waals surface area contributed by atoms with Gasteiger partial charge in [-0.25, -0.2) is 4.39 Å². The van der Waals surface area contributed by atoms with Crippen molar-refractivity contribution in [2.75, 3.05) is 0 Å². The van der Waals surface area contributed by atoms with Gasteiger partial charge in [0.2, 0.25) is 0 Å². The van der Waals surface area contributed by atoms with Crippen LogP contribution in [0.25, 0.3) is 17.2 Å². The zero-order chi connectivity index (χ0) is 22.3. The molecule has 2 N–H and O–H groups in total. The van der Waals surface area contributed by atoms with E-state index in [1.54, 1.807) is 36.4 Å². The third kappa shape index (κ3) is 4.96. The van der Waals surface area contributed by atoms with Gasteiger partial charge in [-0.2, -0.15) is 5.26 Å². The van der Waals surface area contributed by atoms with E-state index in [-0.39, 0.29) is 5.82 Å². The normalized spacial score (nSPS) is 14.4. The van der Waals surface area contributed by atoms with Crippen molar-refractivity contribution < 1.29 is 9.18 Å². The molecule has 3 rings (SSSR count). The third-order valence-electron chi connectivity index (χ3n) is 5.24. The van der Waals surface area contributed by atoms with E-state index in [9.17, 15) is 9.18 Å². The molecule has 6 heteroatoms. The van der Waals surface area contributed by atoms with Gasteiger partial charge in [-0.3, -0.25) is 4.99 Å². The molecule has 0 saturated heterocycles. The van der Waals surface area contributed by atoms with Crippen LogP contribution in [0.3, 0.4) is 0 Å². The van der Waals surface area contributed by atoms with Crippen LogP contribution < -0.4 is 5.73 Å². The smallest absolute Gasteiger partial charge is 0.130 e. The molecule has 31 heavy (non-hydrogen) atoms. The molecule has 1 aromatic heterocycles. The number of aliphatic imine (C=N–C) groups is 1. The Morgan fingerprint density at radius 1 is 1.23 bits per heavy atom. The number of nitrogens with two attached hydrogens (primary N) is 1. The van der Waals surface area contributed by atoms with Crippen LogP contribution in [0.1, 0.15) is 29.3 Å². The van der Waals surface area contributed by atoms with Crippen molar-refractivity contribution in [3.05, 3.63) is 87.9 Å². The van der Waals surface area contributed by atoms with E-state index in [2.05, 4.69) is 11.1 Å². The second kappa shape index (κ2) is 9.96. The minimum atomic E-state index is -0.869. The van der Waals surface area contributed by atoms with Gasteiger partial charge in [-0.05, 0) is 54.1 Å². The third-order valence-corrected chi connectivity index (χ3v) is 6.40. The molecule has 2 atom stereocenters. The van der Waals surface area contributed by atoms with Crippen molar-refractivity contribution in [1.82, 2.24) is 0 Å². The van der Waals surface area contributed by atoms with Crippen LogP contribution >= 0.6 is 11.3 Å². The summed E-state index contributed by atoms with van der Waals surface area (Å²) >= 11 is 1.49. The Hall–Kier alpha value is -3.56. The summed E-state index contributed by atoms with van der Waals surface area (Å²) in [6.45, 7) is 1.87. The van der Waals surface area contributed by atoms with Gasteiger partial charge in [0.15, 0.2) is 0 Å². The Morgan fingerprint density at radius 3 is 2.74 bits per heavy atom. The summed E-state index contributed by atoms with van der Waals surface area (Å²) in [4.78, 5) is 17.3. The first kappa shape index (κ1) is 22.1. The largest absolute Gasteiger partial charge is 0.390 e. The van der Waals surface area contributed by atoms with Gasteiger partial charge in [0.25, 0.3) is 0 Å². The first-order valence-corrected chi connectivity index (χ1v) is 10.6. The average molecular weight is 432 g/mol. The van der Waals surface area contributed by atoms with Gasteiger partial charge >= 0.3 is 0 Å². The lowest BCUT2D eigenvalue weighted by atomic mass is 9.82. The fourth-order valence-electron chi connectivity index (χ4n) is 3.39. The number of hydrogen-bond donors (Lipinski definition) is 1. The first-order valence-electron chi connectivity index (χ1n) is 9.73. The molecular formula is C25H22FN3OS. The predicted molar refractivity (Wildman–Crippen MR) is 124 cm³/mol. The van der Waals surface area contributed by atoms with Crippen LogP contribution in [0, 0.1) is 23.1 Å². The highest BCUT2D eigenvalue weighted by atomic mass is 32.1. The zero-order valence-electron chi connectivity index (χ0n) is 17.0. The van der Waals surface area contributed by atoms with Gasteiger partial charge in [0.05, 0.1) is 18.0 Å². The molecule has 1 unspecified atom stereocenters. The topological polar surface area (TPSA) is 79.2 Å². The molecule has 0 aliphatic carbocycles. The lowest BCUT2D eigenvalue weighted by Gasteiger charge is -2.29. The number of carbonyl (C=O) groups is 1. The van der Waals surface area contributed by atoms with Crippen molar-refractivity contribution in [2.24, 2.45) is 16.6 Å². The molecule has 0 aliphatic heterocycles. The highest BCUT2D eigenvalue weighted by Gasteiger charge is 2.36. The number of allylic oxidation sites excluding steroid dienone is 1. The van der Waals surface area contributed by atoms with E-state index < -0.39 is 11.5 Å². The quantitative estimate of drug-likeness (QED) is 0.289. The fraction of sp³-hybridized carbons (Fsp3) is 0.160. The van der Waals surface area contributed by atoms with Crippen LogP contribution in [-0.4, -0.2) is 12.6 Å². The minimum absolute atomic E-state index is 0.313. The second-order valence-electron chi connectivity index (χ2n) is 7.22. The zero-order valence-corrected chi connectivity index (χ0v) is 17.9. The van der Waals surface area contributed by atoms with Gasteiger partial charge in [-0.1, -0.05) is 42.5 Å². The SMILES string of the molecule is C[C@@](N=CN)(c1cc(-c2cccc(C#N)c2)cs1)C(C=O)C/C=C/c1ccccc1F. The average Bonchev–Trinajstić information content (AvgIpc) is 3.29. The van der Waals surface area contributed by atoms with E-state index in [0.29, 0.717) is 17.5 Å². The number of rotatable bonds is 8. The molecule has 4 nitrogen and oxygen atoms in total. The number of nitriles is 1. The number of halogens is 1. The van der Waals surface area contributed by atoms with Crippen LogP contribution in [-0.2, 0) is 10.3 Å². The monoisotopic (exact) mass is 431 g/mol. The van der Waals surface area contributed by atoms with Crippen molar-refractivity contribution in [2.45, 2.75) is 18.9 Å². The summed E-state index contributed by atoms with van der Waals surface area (Å²) in [5.74, 6) is -0.807. The van der Waals surface area contributed by atoms with Crippen molar-refractivity contribution in [3.63, 3.8) is 0 Å². The van der Waals surface area contributed by atoms with E-state index in [1.807, 2.05) is 36.6 Å². The van der Waals surface area contributed by atoms with Crippen molar-refractivity contribution in [3.8, 4) is 17.2 Å². The van der Waals surface area contributed by atoms with Crippen molar-refractivity contribution in [1.29, 1.82) is 5.26 Å². The molecular weight excluding hydrogens is 409 g/mol. The molecule has 156 valence electrons. The summed E-state index contributed by atoms with van der Waals surface area (Å²) in [5, 5.41) is 11.1. The molecule has 0 spiro atoms. The molecule has 0 bridgehead atoms. The number of carbonyl (C=O) groups excluding carboxylic acids is 1. The number of nitrogens with zero attached hydrogens (tertiary/aromatic N) is 2. The van der Waals surface area contributed by atoms with Crippen LogP contribution in [0.2, 0.25) is 0 Å². The molecule has 1 heterocycles. The number of benzene rings is 2. The Morgan fingerprint density at radius 2 is 2.03 bits per heavy atom. The maximum Gasteiger partial charge on any atom is 0.130 e. The molecule has 3 aromatic rings. The Bertz CT molecular complexity index is 1160. The molecule has 0 fully saturated rings. The molecule has 0 aliphatic rings. The van der Waals surface area contributed by atoms with Gasteiger partial charge in [0, 0.05) is 16.4 Å². The van der Waals surface area contributed by atoms with Crippen LogP contribution in [0.15, 0.2) is 71.0 Å². The van der Waals surface area contributed by atoms with E-state index in [4.69, 9.17) is 11.0 Å². The Kier molecular flexibility index (Phi) is 7.11. The summed E-state index contributed by atoms with van der Waals surface area (Å²) in [7, 11) is 0. The van der Waals surface area contributed by atoms with Gasteiger partial charge in [0.1, 0.15) is 17.6 Å². The summed E-state index contributed by atoms with van der Waals surface area (Å²) < 4.78 is 13.9. The predicted octanol–water partition coefficient (Wildman–Crippen LogP) is 5.55. The van der Waals surface area contributed by atoms with Gasteiger partial charge in [-0.15, -0.1) is 11.3 Å². The first-order chi connectivity index (χ1) is 15.0. The van der Waals surface area contributed by atoms with E-state index in [1.165, 1.54) is 23.7 Å². The Labute approximate surface area is 185 Å². The minimum Gasteiger partial charge on any atom is -0.390 e. The highest BCUT2D eigenvalue weighted by molar-refractivity contribution is 7.10. The summed E-state index contributed by atoms with van der Waals surface area (Å²) in [6, 6.07) is 17.9. The molecule has 2 aromatic carbocycles. The Balaban J connectivity index is 1.89. The van der Waals surface area contributed by atoms with Crippen LogP contribution in [0.5, 0.6) is 0 Å². The maximum atomic E-state index is 13.9.